The van der Waals surface area contributed by atoms with Crippen LogP contribution >= 0.6 is 43.6 Å². The average molecular weight is 402 g/mol. The van der Waals surface area contributed by atoms with Crippen molar-refractivity contribution in [1.82, 2.24) is 0 Å². The number of nitrogens with two attached hydrogens (primary N) is 1. The number of amidine groups is 1. The molecule has 2 aromatic rings. The van der Waals surface area contributed by atoms with Crippen molar-refractivity contribution in [3.05, 3.63) is 57.0 Å². The number of rotatable bonds is 3. The second-order valence-electron chi connectivity index (χ2n) is 3.69. The minimum atomic E-state index is 0.102. The molecule has 0 saturated carbocycles. The van der Waals surface area contributed by atoms with Gasteiger partial charge in [0.15, 0.2) is 5.84 Å². The number of benzene rings is 2. The van der Waals surface area contributed by atoms with Crippen molar-refractivity contribution in [2.24, 2.45) is 10.9 Å². The Morgan fingerprint density at radius 3 is 2.53 bits per heavy atom. The monoisotopic (exact) mass is 400 g/mol. The molecular weight excluding hydrogens is 392 g/mol. The van der Waals surface area contributed by atoms with E-state index in [2.05, 4.69) is 37.0 Å². The Morgan fingerprint density at radius 1 is 1.11 bits per heavy atom. The summed E-state index contributed by atoms with van der Waals surface area (Å²) in [5.41, 5.74) is 6.40. The summed E-state index contributed by atoms with van der Waals surface area (Å²) in [6, 6.07) is 13.6. The SMILES string of the molecule is N/C(=N/O)c1ccc(Br)cc1Sc1cccc(Br)c1. The van der Waals surface area contributed by atoms with Gasteiger partial charge in [-0.05, 0) is 36.4 Å². The van der Waals surface area contributed by atoms with Gasteiger partial charge in [-0.3, -0.25) is 0 Å². The predicted octanol–water partition coefficient (Wildman–Crippen LogP) is 4.46. The molecule has 19 heavy (non-hydrogen) atoms. The van der Waals surface area contributed by atoms with Crippen LogP contribution in [0.2, 0.25) is 0 Å². The van der Waals surface area contributed by atoms with E-state index in [-0.39, 0.29) is 5.84 Å². The van der Waals surface area contributed by atoms with E-state index < -0.39 is 0 Å². The molecule has 0 aliphatic heterocycles. The molecule has 0 aliphatic rings. The van der Waals surface area contributed by atoms with Crippen molar-refractivity contribution in [3.63, 3.8) is 0 Å². The predicted molar refractivity (Wildman–Crippen MR) is 84.9 cm³/mol. The van der Waals surface area contributed by atoms with Crippen molar-refractivity contribution in [2.75, 3.05) is 0 Å². The Labute approximate surface area is 132 Å². The first-order valence-electron chi connectivity index (χ1n) is 5.31. The highest BCUT2D eigenvalue weighted by Gasteiger charge is 2.09. The van der Waals surface area contributed by atoms with Gasteiger partial charge in [-0.15, -0.1) is 0 Å². The first-order valence-corrected chi connectivity index (χ1v) is 7.71. The van der Waals surface area contributed by atoms with E-state index in [0.717, 1.165) is 18.7 Å². The number of halogens is 2. The van der Waals surface area contributed by atoms with E-state index >= 15 is 0 Å². The highest BCUT2D eigenvalue weighted by molar-refractivity contribution is 9.10. The van der Waals surface area contributed by atoms with Crippen LogP contribution in [0.15, 0.2) is 66.4 Å². The fourth-order valence-corrected chi connectivity index (χ4v) is 3.62. The molecule has 0 radical (unpaired) electrons. The zero-order valence-electron chi connectivity index (χ0n) is 9.68. The van der Waals surface area contributed by atoms with Gasteiger partial charge in [-0.2, -0.15) is 0 Å². The number of hydrogen-bond acceptors (Lipinski definition) is 3. The van der Waals surface area contributed by atoms with Crippen LogP contribution in [0.5, 0.6) is 0 Å². The molecule has 0 aromatic heterocycles. The quantitative estimate of drug-likeness (QED) is 0.345. The summed E-state index contributed by atoms with van der Waals surface area (Å²) < 4.78 is 1.96. The van der Waals surface area contributed by atoms with Gasteiger partial charge in [0.25, 0.3) is 0 Å². The second kappa shape index (κ2) is 6.45. The van der Waals surface area contributed by atoms with Gasteiger partial charge in [-0.25, -0.2) is 0 Å². The van der Waals surface area contributed by atoms with Gasteiger partial charge in [-0.1, -0.05) is 54.8 Å². The molecule has 0 fully saturated rings. The molecule has 0 saturated heterocycles. The smallest absolute Gasteiger partial charge is 0.171 e. The third-order valence-corrected chi connectivity index (χ3v) is 4.39. The molecule has 0 amide bonds. The maximum absolute atomic E-state index is 8.83. The largest absolute Gasteiger partial charge is 0.409 e. The fourth-order valence-electron chi connectivity index (χ4n) is 1.50. The Morgan fingerprint density at radius 2 is 1.84 bits per heavy atom. The Kier molecular flexibility index (Phi) is 4.90. The van der Waals surface area contributed by atoms with Crippen molar-refractivity contribution < 1.29 is 5.21 Å². The van der Waals surface area contributed by atoms with E-state index in [4.69, 9.17) is 10.9 Å². The van der Waals surface area contributed by atoms with Crippen LogP contribution in [-0.4, -0.2) is 11.0 Å². The summed E-state index contributed by atoms with van der Waals surface area (Å²) in [6.07, 6.45) is 0. The summed E-state index contributed by atoms with van der Waals surface area (Å²) in [4.78, 5) is 1.99. The van der Waals surface area contributed by atoms with Crippen molar-refractivity contribution in [2.45, 2.75) is 9.79 Å². The van der Waals surface area contributed by atoms with Gasteiger partial charge in [0.2, 0.25) is 0 Å². The molecule has 0 bridgehead atoms. The summed E-state index contributed by atoms with van der Waals surface area (Å²) in [5, 5.41) is 11.9. The fraction of sp³-hybridized carbons (Fsp3) is 0. The van der Waals surface area contributed by atoms with E-state index in [1.54, 1.807) is 11.8 Å². The van der Waals surface area contributed by atoms with Crippen LogP contribution in [0.25, 0.3) is 0 Å². The van der Waals surface area contributed by atoms with Crippen LogP contribution in [0.3, 0.4) is 0 Å². The number of nitrogens with zero attached hydrogens (tertiary/aromatic N) is 1. The molecule has 0 heterocycles. The lowest BCUT2D eigenvalue weighted by molar-refractivity contribution is 0.318. The third-order valence-electron chi connectivity index (χ3n) is 2.35. The van der Waals surface area contributed by atoms with Crippen LogP contribution in [0.1, 0.15) is 5.56 Å². The lowest BCUT2D eigenvalue weighted by atomic mass is 10.2. The first-order chi connectivity index (χ1) is 9.10. The van der Waals surface area contributed by atoms with Gasteiger partial charge in [0.05, 0.1) is 0 Å². The topological polar surface area (TPSA) is 58.6 Å². The average Bonchev–Trinajstić information content (AvgIpc) is 2.38. The molecule has 0 unspecified atom stereocenters. The molecule has 0 atom stereocenters. The molecule has 0 spiro atoms. The van der Waals surface area contributed by atoms with Gasteiger partial charge in [0, 0.05) is 24.3 Å². The Balaban J connectivity index is 2.41. The minimum Gasteiger partial charge on any atom is -0.409 e. The highest BCUT2D eigenvalue weighted by Crippen LogP contribution is 2.33. The van der Waals surface area contributed by atoms with Gasteiger partial charge in [0.1, 0.15) is 0 Å². The normalized spacial score (nSPS) is 11.6. The van der Waals surface area contributed by atoms with Crippen LogP contribution in [0.4, 0.5) is 0 Å². The Hall–Kier alpha value is -0.980. The molecule has 98 valence electrons. The zero-order valence-corrected chi connectivity index (χ0v) is 13.7. The number of hydrogen-bond donors (Lipinski definition) is 2. The zero-order chi connectivity index (χ0) is 13.8. The van der Waals surface area contributed by atoms with E-state index in [0.29, 0.717) is 5.56 Å². The first kappa shape index (κ1) is 14.4. The molecule has 2 rings (SSSR count). The highest BCUT2D eigenvalue weighted by atomic mass is 79.9. The molecule has 3 N–H and O–H groups in total. The third kappa shape index (κ3) is 3.75. The standard InChI is InChI=1S/C13H10Br2N2OS/c14-8-2-1-3-10(6-8)19-12-7-9(15)4-5-11(12)13(16)17-18/h1-7,18H,(H2,16,17). The van der Waals surface area contributed by atoms with Gasteiger partial charge < -0.3 is 10.9 Å². The lowest BCUT2D eigenvalue weighted by Crippen LogP contribution is -2.14. The Bertz CT molecular complexity index is 632. The molecule has 2 aromatic carbocycles. The van der Waals surface area contributed by atoms with E-state index in [1.807, 2.05) is 42.5 Å². The lowest BCUT2D eigenvalue weighted by Gasteiger charge is -2.09. The molecule has 3 nitrogen and oxygen atoms in total. The van der Waals surface area contributed by atoms with Crippen LogP contribution < -0.4 is 5.73 Å². The van der Waals surface area contributed by atoms with E-state index in [9.17, 15) is 0 Å². The summed E-state index contributed by atoms with van der Waals surface area (Å²) in [6.45, 7) is 0. The summed E-state index contributed by atoms with van der Waals surface area (Å²) in [5.74, 6) is 0.102. The van der Waals surface area contributed by atoms with Crippen molar-refractivity contribution in [1.29, 1.82) is 0 Å². The molecule has 0 aliphatic carbocycles. The summed E-state index contributed by atoms with van der Waals surface area (Å²) >= 11 is 8.42. The van der Waals surface area contributed by atoms with Gasteiger partial charge >= 0.3 is 0 Å². The minimum absolute atomic E-state index is 0.102. The van der Waals surface area contributed by atoms with Crippen LogP contribution in [-0.2, 0) is 0 Å². The van der Waals surface area contributed by atoms with Crippen molar-refractivity contribution in [3.8, 4) is 0 Å². The summed E-state index contributed by atoms with van der Waals surface area (Å²) in [7, 11) is 0. The molecule has 6 heteroatoms. The van der Waals surface area contributed by atoms with E-state index in [1.165, 1.54) is 0 Å². The molecular formula is C13H10Br2N2OS. The maximum Gasteiger partial charge on any atom is 0.171 e. The van der Waals surface area contributed by atoms with Crippen LogP contribution in [0, 0.1) is 0 Å². The maximum atomic E-state index is 8.83. The number of oxime groups is 1. The second-order valence-corrected chi connectivity index (χ2v) is 6.63. The van der Waals surface area contributed by atoms with Crippen molar-refractivity contribution >= 4 is 49.5 Å².